The molecule has 1 N–H and O–H groups in total. The van der Waals surface area contributed by atoms with Crippen LogP contribution in [0.4, 0.5) is 0 Å². The summed E-state index contributed by atoms with van der Waals surface area (Å²) < 4.78 is 0. The van der Waals surface area contributed by atoms with E-state index in [2.05, 4.69) is 10.3 Å². The van der Waals surface area contributed by atoms with E-state index in [-0.39, 0.29) is 5.91 Å². The number of hydrogen-bond donors (Lipinski definition) is 1. The molecular formula is C14H21N3O. The first-order valence-corrected chi connectivity index (χ1v) is 6.55. The van der Waals surface area contributed by atoms with Crippen LogP contribution in [0.5, 0.6) is 0 Å². The van der Waals surface area contributed by atoms with Crippen LogP contribution in [0.3, 0.4) is 0 Å². The van der Waals surface area contributed by atoms with Gasteiger partial charge in [-0.1, -0.05) is 6.07 Å². The topological polar surface area (TPSA) is 45.2 Å². The summed E-state index contributed by atoms with van der Waals surface area (Å²) in [6.07, 6.45) is 4.51. The van der Waals surface area contributed by atoms with Crippen molar-refractivity contribution in [3.63, 3.8) is 0 Å². The summed E-state index contributed by atoms with van der Waals surface area (Å²) >= 11 is 0. The molecule has 0 bridgehead atoms. The molecule has 1 saturated heterocycles. The fraction of sp³-hybridized carbons (Fsp3) is 0.571. The lowest BCUT2D eigenvalue weighted by atomic mass is 10.0. The van der Waals surface area contributed by atoms with Crippen LogP contribution in [0.25, 0.3) is 0 Å². The van der Waals surface area contributed by atoms with Crippen molar-refractivity contribution in [1.82, 2.24) is 15.2 Å². The van der Waals surface area contributed by atoms with Crippen LogP contribution in [0, 0.1) is 6.92 Å². The van der Waals surface area contributed by atoms with Gasteiger partial charge in [0.1, 0.15) is 0 Å². The molecule has 4 nitrogen and oxygen atoms in total. The second kappa shape index (κ2) is 5.96. The molecule has 1 aromatic heterocycles. The van der Waals surface area contributed by atoms with Gasteiger partial charge in [-0.05, 0) is 38.4 Å². The third-order valence-electron chi connectivity index (χ3n) is 3.51. The van der Waals surface area contributed by atoms with E-state index >= 15 is 0 Å². The van der Waals surface area contributed by atoms with Gasteiger partial charge in [0.25, 0.3) is 0 Å². The molecule has 2 heterocycles. The molecule has 0 aliphatic carbocycles. The number of hydrogen-bond acceptors (Lipinski definition) is 3. The average molecular weight is 247 g/mol. The van der Waals surface area contributed by atoms with Gasteiger partial charge in [-0.25, -0.2) is 0 Å². The number of amides is 1. The number of aromatic nitrogens is 1. The molecule has 1 aliphatic rings. The predicted octanol–water partition coefficient (Wildman–Crippen LogP) is 1.14. The van der Waals surface area contributed by atoms with Crippen LogP contribution in [-0.4, -0.2) is 42.0 Å². The Labute approximate surface area is 108 Å². The molecule has 1 amide bonds. The molecule has 0 unspecified atom stereocenters. The van der Waals surface area contributed by atoms with Gasteiger partial charge in [-0.3, -0.25) is 9.78 Å². The second-order valence-electron chi connectivity index (χ2n) is 4.95. The van der Waals surface area contributed by atoms with Crippen LogP contribution in [0.15, 0.2) is 18.3 Å². The first-order chi connectivity index (χ1) is 8.69. The van der Waals surface area contributed by atoms with E-state index in [9.17, 15) is 4.79 Å². The Bertz CT molecular complexity index is 402. The largest absolute Gasteiger partial charge is 0.341 e. The Balaban J connectivity index is 1.93. The van der Waals surface area contributed by atoms with Crippen molar-refractivity contribution in [2.24, 2.45) is 0 Å². The quantitative estimate of drug-likeness (QED) is 0.871. The lowest BCUT2D eigenvalue weighted by Crippen LogP contribution is -2.47. The Morgan fingerprint density at radius 3 is 3.06 bits per heavy atom. The normalized spacial score (nSPS) is 19.9. The number of likely N-dealkylation sites (N-methyl/N-ethyl adjacent to an activating group) is 1. The van der Waals surface area contributed by atoms with E-state index < -0.39 is 0 Å². The van der Waals surface area contributed by atoms with Crippen molar-refractivity contribution in [2.75, 3.05) is 20.1 Å². The van der Waals surface area contributed by atoms with E-state index in [4.69, 9.17) is 0 Å². The van der Waals surface area contributed by atoms with Crippen LogP contribution >= 0.6 is 0 Å². The van der Waals surface area contributed by atoms with Gasteiger partial charge in [0.2, 0.25) is 5.91 Å². The van der Waals surface area contributed by atoms with Crippen LogP contribution in [-0.2, 0) is 11.2 Å². The second-order valence-corrected chi connectivity index (χ2v) is 4.95. The molecule has 0 saturated carbocycles. The summed E-state index contributed by atoms with van der Waals surface area (Å²) in [4.78, 5) is 18.4. The maximum atomic E-state index is 12.2. The molecule has 0 aromatic carbocycles. The fourth-order valence-electron chi connectivity index (χ4n) is 2.33. The van der Waals surface area contributed by atoms with Crippen molar-refractivity contribution < 1.29 is 4.79 Å². The predicted molar refractivity (Wildman–Crippen MR) is 71.3 cm³/mol. The van der Waals surface area contributed by atoms with Gasteiger partial charge >= 0.3 is 0 Å². The van der Waals surface area contributed by atoms with Crippen molar-refractivity contribution >= 4 is 5.91 Å². The van der Waals surface area contributed by atoms with Gasteiger partial charge < -0.3 is 10.2 Å². The number of carbonyl (C=O) groups excluding carboxylic acids is 1. The number of carbonyl (C=O) groups is 1. The smallest absolute Gasteiger partial charge is 0.227 e. The van der Waals surface area contributed by atoms with E-state index in [1.807, 2.05) is 31.0 Å². The van der Waals surface area contributed by atoms with E-state index in [1.54, 1.807) is 6.20 Å². The van der Waals surface area contributed by atoms with Gasteiger partial charge in [0.15, 0.2) is 0 Å². The van der Waals surface area contributed by atoms with E-state index in [0.717, 1.165) is 37.2 Å². The molecule has 1 aromatic rings. The maximum absolute atomic E-state index is 12.2. The summed E-state index contributed by atoms with van der Waals surface area (Å²) in [6, 6.07) is 4.38. The lowest BCUT2D eigenvalue weighted by Gasteiger charge is -2.32. The van der Waals surface area contributed by atoms with E-state index in [1.165, 1.54) is 0 Å². The number of nitrogens with one attached hydrogen (secondary N) is 1. The molecule has 18 heavy (non-hydrogen) atoms. The van der Waals surface area contributed by atoms with Gasteiger partial charge in [0, 0.05) is 31.0 Å². The molecule has 2 rings (SSSR count). The highest BCUT2D eigenvalue weighted by atomic mass is 16.2. The molecule has 0 radical (unpaired) electrons. The monoisotopic (exact) mass is 247 g/mol. The summed E-state index contributed by atoms with van der Waals surface area (Å²) in [5.74, 6) is 0.209. The number of nitrogens with zero attached hydrogens (tertiary/aromatic N) is 2. The van der Waals surface area contributed by atoms with Crippen molar-refractivity contribution in [2.45, 2.75) is 32.2 Å². The van der Waals surface area contributed by atoms with Crippen molar-refractivity contribution in [3.8, 4) is 0 Å². The Morgan fingerprint density at radius 2 is 2.39 bits per heavy atom. The first kappa shape index (κ1) is 13.0. The van der Waals surface area contributed by atoms with Gasteiger partial charge in [0.05, 0.1) is 6.42 Å². The number of aryl methyl sites for hydroxylation is 1. The molecule has 4 heteroatoms. The van der Waals surface area contributed by atoms with Crippen LogP contribution < -0.4 is 5.32 Å². The van der Waals surface area contributed by atoms with Gasteiger partial charge in [-0.15, -0.1) is 0 Å². The van der Waals surface area contributed by atoms with Crippen molar-refractivity contribution in [3.05, 3.63) is 29.6 Å². The zero-order valence-electron chi connectivity index (χ0n) is 11.1. The van der Waals surface area contributed by atoms with E-state index in [0.29, 0.717) is 12.5 Å². The molecule has 1 aliphatic heterocycles. The van der Waals surface area contributed by atoms with Crippen LogP contribution in [0.1, 0.15) is 24.1 Å². The number of pyridine rings is 1. The zero-order valence-corrected chi connectivity index (χ0v) is 11.1. The minimum atomic E-state index is 0.209. The maximum Gasteiger partial charge on any atom is 0.227 e. The highest BCUT2D eigenvalue weighted by Crippen LogP contribution is 2.12. The highest BCUT2D eigenvalue weighted by Gasteiger charge is 2.22. The number of rotatable bonds is 3. The molecule has 0 spiro atoms. The Kier molecular flexibility index (Phi) is 4.31. The molecule has 98 valence electrons. The molecular weight excluding hydrogens is 226 g/mol. The minimum Gasteiger partial charge on any atom is -0.341 e. The zero-order chi connectivity index (χ0) is 13.0. The first-order valence-electron chi connectivity index (χ1n) is 6.55. The third kappa shape index (κ3) is 3.29. The number of piperidine rings is 1. The average Bonchev–Trinajstić information content (AvgIpc) is 2.41. The minimum absolute atomic E-state index is 0.209. The van der Waals surface area contributed by atoms with Crippen molar-refractivity contribution in [1.29, 1.82) is 0 Å². The highest BCUT2D eigenvalue weighted by molar-refractivity contribution is 5.78. The standard InChI is InChI=1S/C14H21N3O/c1-11-5-6-12(9-16-11)8-14(18)17-7-3-4-13(10-17)15-2/h5-6,9,13,15H,3-4,7-8,10H2,1-2H3/t13-/m1/s1. The molecule has 1 atom stereocenters. The fourth-order valence-corrected chi connectivity index (χ4v) is 2.33. The Hall–Kier alpha value is -1.42. The summed E-state index contributed by atoms with van der Waals surface area (Å²) in [5.41, 5.74) is 1.98. The SMILES string of the molecule is CN[C@@H]1CCCN(C(=O)Cc2ccc(C)nc2)C1. The Morgan fingerprint density at radius 1 is 1.56 bits per heavy atom. The number of likely N-dealkylation sites (tertiary alicyclic amines) is 1. The molecule has 1 fully saturated rings. The third-order valence-corrected chi connectivity index (χ3v) is 3.51. The summed E-state index contributed by atoms with van der Waals surface area (Å²) in [5, 5.41) is 3.25. The van der Waals surface area contributed by atoms with Crippen LogP contribution in [0.2, 0.25) is 0 Å². The van der Waals surface area contributed by atoms with Gasteiger partial charge in [-0.2, -0.15) is 0 Å². The summed E-state index contributed by atoms with van der Waals surface area (Å²) in [7, 11) is 1.96. The summed E-state index contributed by atoms with van der Waals surface area (Å²) in [6.45, 7) is 3.67. The lowest BCUT2D eigenvalue weighted by molar-refractivity contribution is -0.131.